The summed E-state index contributed by atoms with van der Waals surface area (Å²) in [5.74, 6) is 0.0170. The number of aryl methyl sites for hydroxylation is 1. The van der Waals surface area contributed by atoms with E-state index in [1.54, 1.807) is 49.5 Å². The molecule has 0 aliphatic rings. The minimum absolute atomic E-state index is 0.0964. The molecule has 0 atom stereocenters. The number of hydrogen-bond donors (Lipinski definition) is 1. The normalized spacial score (nSPS) is 11.4. The van der Waals surface area contributed by atoms with Gasteiger partial charge in [0.15, 0.2) is 0 Å². The zero-order chi connectivity index (χ0) is 21.2. The van der Waals surface area contributed by atoms with Crippen LogP contribution in [-0.2, 0) is 21.9 Å². The van der Waals surface area contributed by atoms with Crippen LogP contribution in [0.5, 0.6) is 5.75 Å². The molecule has 0 aliphatic heterocycles. The van der Waals surface area contributed by atoms with Crippen molar-refractivity contribution in [1.82, 2.24) is 4.57 Å². The predicted octanol–water partition coefficient (Wildman–Crippen LogP) is 2.40. The molecule has 1 amide bonds. The van der Waals surface area contributed by atoms with Crippen LogP contribution in [0.2, 0.25) is 0 Å². The summed E-state index contributed by atoms with van der Waals surface area (Å²) in [6, 6.07) is 11.7. The Balaban J connectivity index is 1.82. The maximum atomic E-state index is 12.5. The van der Waals surface area contributed by atoms with Crippen molar-refractivity contribution in [3.05, 3.63) is 52.1 Å². The molecule has 0 bridgehead atoms. The Morgan fingerprint density at radius 3 is 2.69 bits per heavy atom. The van der Waals surface area contributed by atoms with Gasteiger partial charge in [-0.1, -0.05) is 17.4 Å². The van der Waals surface area contributed by atoms with Gasteiger partial charge in [0.25, 0.3) is 0 Å². The number of anilines is 2. The highest BCUT2D eigenvalue weighted by Crippen LogP contribution is 2.24. The van der Waals surface area contributed by atoms with E-state index in [2.05, 4.69) is 5.32 Å². The highest BCUT2D eigenvalue weighted by atomic mass is 32.2. The molecule has 1 N–H and O–H groups in total. The standard InChI is InChI=1S/C19H21N3O5S2/c1-4-27-15-7-5-6-14(11-15)22(29(3,25)26)12-18(23)20-13-8-9-16-17(10-13)28-19(24)21(16)2/h5-11H,4,12H2,1-3H3,(H,20,23). The van der Waals surface area contributed by atoms with E-state index < -0.39 is 22.5 Å². The van der Waals surface area contributed by atoms with E-state index >= 15 is 0 Å². The fourth-order valence-corrected chi connectivity index (χ4v) is 4.60. The van der Waals surface area contributed by atoms with Crippen molar-refractivity contribution < 1.29 is 17.9 Å². The zero-order valence-electron chi connectivity index (χ0n) is 16.2. The Kier molecular flexibility index (Phi) is 5.94. The maximum Gasteiger partial charge on any atom is 0.307 e. The summed E-state index contributed by atoms with van der Waals surface area (Å²) in [5, 5.41) is 2.69. The van der Waals surface area contributed by atoms with Gasteiger partial charge in [0.05, 0.1) is 28.8 Å². The number of fused-ring (bicyclic) bond motifs is 1. The van der Waals surface area contributed by atoms with Crippen LogP contribution in [-0.4, -0.2) is 38.3 Å². The molecule has 3 aromatic rings. The third-order valence-corrected chi connectivity index (χ3v) is 6.32. The number of nitrogens with one attached hydrogen (secondary N) is 1. The van der Waals surface area contributed by atoms with Crippen LogP contribution in [0, 0.1) is 0 Å². The number of carbonyl (C=O) groups is 1. The lowest BCUT2D eigenvalue weighted by molar-refractivity contribution is -0.114. The van der Waals surface area contributed by atoms with E-state index in [0.717, 1.165) is 32.1 Å². The van der Waals surface area contributed by atoms with E-state index in [1.165, 1.54) is 4.57 Å². The van der Waals surface area contributed by atoms with Gasteiger partial charge >= 0.3 is 4.87 Å². The number of benzene rings is 2. The SMILES string of the molecule is CCOc1cccc(N(CC(=O)Nc2ccc3c(c2)sc(=O)n3C)S(C)(=O)=O)c1. The maximum absolute atomic E-state index is 12.5. The van der Waals surface area contributed by atoms with Crippen LogP contribution in [0.25, 0.3) is 10.2 Å². The molecule has 8 nitrogen and oxygen atoms in total. The van der Waals surface area contributed by atoms with E-state index in [1.807, 2.05) is 6.92 Å². The molecule has 0 spiro atoms. The van der Waals surface area contributed by atoms with Gasteiger partial charge in [-0.15, -0.1) is 0 Å². The Morgan fingerprint density at radius 2 is 2.00 bits per heavy atom. The van der Waals surface area contributed by atoms with E-state index in [0.29, 0.717) is 23.7 Å². The smallest absolute Gasteiger partial charge is 0.307 e. The molecule has 29 heavy (non-hydrogen) atoms. The Bertz CT molecular complexity index is 1210. The number of rotatable bonds is 7. The summed E-state index contributed by atoms with van der Waals surface area (Å²) in [6.07, 6.45) is 1.04. The lowest BCUT2D eigenvalue weighted by Gasteiger charge is -2.22. The number of sulfonamides is 1. The van der Waals surface area contributed by atoms with Crippen molar-refractivity contribution in [3.8, 4) is 5.75 Å². The van der Waals surface area contributed by atoms with Crippen LogP contribution in [0.1, 0.15) is 6.92 Å². The number of nitrogens with zero attached hydrogens (tertiary/aromatic N) is 2. The van der Waals surface area contributed by atoms with Gasteiger partial charge in [-0.2, -0.15) is 0 Å². The topological polar surface area (TPSA) is 97.7 Å². The molecule has 1 heterocycles. The third kappa shape index (κ3) is 4.77. The van der Waals surface area contributed by atoms with Gasteiger partial charge in [0, 0.05) is 18.8 Å². The number of thiazole rings is 1. The van der Waals surface area contributed by atoms with Gasteiger partial charge in [0.1, 0.15) is 12.3 Å². The largest absolute Gasteiger partial charge is 0.494 e. The van der Waals surface area contributed by atoms with Crippen molar-refractivity contribution in [3.63, 3.8) is 0 Å². The molecule has 0 saturated carbocycles. The first-order valence-corrected chi connectivity index (χ1v) is 11.5. The molecule has 0 unspecified atom stereocenters. The van der Waals surface area contributed by atoms with Gasteiger partial charge in [-0.05, 0) is 37.3 Å². The first-order valence-electron chi connectivity index (χ1n) is 8.79. The van der Waals surface area contributed by atoms with Gasteiger partial charge in [-0.25, -0.2) is 8.42 Å². The van der Waals surface area contributed by atoms with Gasteiger partial charge in [-0.3, -0.25) is 13.9 Å². The molecule has 0 radical (unpaired) electrons. The number of ether oxygens (including phenoxy) is 1. The fraction of sp³-hybridized carbons (Fsp3) is 0.263. The van der Waals surface area contributed by atoms with Crippen LogP contribution >= 0.6 is 11.3 Å². The first-order chi connectivity index (χ1) is 13.7. The Morgan fingerprint density at radius 1 is 1.24 bits per heavy atom. The second-order valence-electron chi connectivity index (χ2n) is 6.36. The highest BCUT2D eigenvalue weighted by Gasteiger charge is 2.21. The van der Waals surface area contributed by atoms with Crippen molar-refractivity contribution >= 4 is 48.9 Å². The second-order valence-corrected chi connectivity index (χ2v) is 9.26. The summed E-state index contributed by atoms with van der Waals surface area (Å²) >= 11 is 1.08. The van der Waals surface area contributed by atoms with E-state index in [-0.39, 0.29) is 4.87 Å². The molecule has 0 aliphatic carbocycles. The lowest BCUT2D eigenvalue weighted by atomic mass is 10.3. The van der Waals surface area contributed by atoms with Crippen LogP contribution in [0.4, 0.5) is 11.4 Å². The van der Waals surface area contributed by atoms with Crippen LogP contribution in [0.15, 0.2) is 47.3 Å². The Hall–Kier alpha value is -2.85. The van der Waals surface area contributed by atoms with Crippen molar-refractivity contribution in [2.24, 2.45) is 7.05 Å². The van der Waals surface area contributed by atoms with Crippen LogP contribution < -0.4 is 19.2 Å². The summed E-state index contributed by atoms with van der Waals surface area (Å²) in [6.45, 7) is 1.88. The summed E-state index contributed by atoms with van der Waals surface area (Å²) < 4.78 is 33.2. The molecule has 154 valence electrons. The summed E-state index contributed by atoms with van der Waals surface area (Å²) in [7, 11) is -2.02. The van der Waals surface area contributed by atoms with E-state index in [9.17, 15) is 18.0 Å². The van der Waals surface area contributed by atoms with E-state index in [4.69, 9.17) is 4.74 Å². The minimum Gasteiger partial charge on any atom is -0.494 e. The number of amides is 1. The molecular formula is C19H21N3O5S2. The monoisotopic (exact) mass is 435 g/mol. The highest BCUT2D eigenvalue weighted by molar-refractivity contribution is 7.92. The fourth-order valence-electron chi connectivity index (χ4n) is 2.84. The average molecular weight is 436 g/mol. The zero-order valence-corrected chi connectivity index (χ0v) is 17.8. The number of hydrogen-bond acceptors (Lipinski definition) is 6. The summed E-state index contributed by atoms with van der Waals surface area (Å²) in [5.41, 5.74) is 1.59. The Labute approximate surface area is 172 Å². The third-order valence-electron chi connectivity index (χ3n) is 4.18. The molecule has 2 aromatic carbocycles. The molecule has 10 heteroatoms. The quantitative estimate of drug-likeness (QED) is 0.615. The summed E-state index contributed by atoms with van der Waals surface area (Å²) in [4.78, 5) is 24.2. The van der Waals surface area contributed by atoms with Gasteiger partial charge < -0.3 is 14.6 Å². The average Bonchev–Trinajstić information content (AvgIpc) is 2.93. The van der Waals surface area contributed by atoms with Gasteiger partial charge in [0.2, 0.25) is 15.9 Å². The van der Waals surface area contributed by atoms with Crippen molar-refractivity contribution in [2.75, 3.05) is 29.0 Å². The van der Waals surface area contributed by atoms with Crippen LogP contribution in [0.3, 0.4) is 0 Å². The molecule has 1 aromatic heterocycles. The number of carbonyl (C=O) groups excluding carboxylic acids is 1. The first kappa shape index (κ1) is 20.9. The molecular weight excluding hydrogens is 414 g/mol. The predicted molar refractivity (Wildman–Crippen MR) is 115 cm³/mol. The van der Waals surface area contributed by atoms with Crippen molar-refractivity contribution in [2.45, 2.75) is 6.92 Å². The second kappa shape index (κ2) is 8.26. The number of aromatic nitrogens is 1. The molecule has 0 fully saturated rings. The van der Waals surface area contributed by atoms with Crippen molar-refractivity contribution in [1.29, 1.82) is 0 Å². The molecule has 3 rings (SSSR count). The lowest BCUT2D eigenvalue weighted by Crippen LogP contribution is -2.37. The minimum atomic E-state index is -3.70. The molecule has 0 saturated heterocycles.